The van der Waals surface area contributed by atoms with Crippen LogP contribution in [-0.2, 0) is 19.6 Å². The third-order valence-corrected chi connectivity index (χ3v) is 2.99. The minimum atomic E-state index is -0.0197. The lowest BCUT2D eigenvalue weighted by atomic mass is 10.0. The van der Waals surface area contributed by atoms with Gasteiger partial charge < -0.3 is 9.84 Å². The van der Waals surface area contributed by atoms with Gasteiger partial charge in [0.25, 0.3) is 0 Å². The van der Waals surface area contributed by atoms with Gasteiger partial charge in [-0.1, -0.05) is 48.5 Å². The number of ether oxygens (including phenoxy) is 1. The summed E-state index contributed by atoms with van der Waals surface area (Å²) in [6, 6.07) is 15.8. The summed E-state index contributed by atoms with van der Waals surface area (Å²) in [4.78, 5) is 0. The molecule has 0 saturated heterocycles. The number of allylic oxidation sites excluding steroid dienone is 1. The fourth-order valence-electron chi connectivity index (χ4n) is 2.01. The molecule has 0 aromatic heterocycles. The Bertz CT molecular complexity index is 532. The van der Waals surface area contributed by atoms with Crippen molar-refractivity contribution < 1.29 is 9.84 Å². The SMILES string of the molecule is C=CCc1cccc(OCc2ccccc2)c1CO. The first-order valence-corrected chi connectivity index (χ1v) is 6.34. The molecule has 0 amide bonds. The lowest BCUT2D eigenvalue weighted by Gasteiger charge is -2.13. The van der Waals surface area contributed by atoms with Crippen LogP contribution in [-0.4, -0.2) is 5.11 Å². The smallest absolute Gasteiger partial charge is 0.125 e. The number of aliphatic hydroxyl groups is 1. The monoisotopic (exact) mass is 254 g/mol. The number of hydrogen-bond donors (Lipinski definition) is 1. The molecule has 19 heavy (non-hydrogen) atoms. The molecule has 2 aromatic carbocycles. The molecule has 0 aliphatic rings. The molecule has 0 aliphatic carbocycles. The van der Waals surface area contributed by atoms with E-state index >= 15 is 0 Å². The van der Waals surface area contributed by atoms with Crippen LogP contribution in [0, 0.1) is 0 Å². The van der Waals surface area contributed by atoms with Crippen molar-refractivity contribution >= 4 is 0 Å². The molecule has 0 atom stereocenters. The molecule has 2 nitrogen and oxygen atoms in total. The minimum Gasteiger partial charge on any atom is -0.489 e. The normalized spacial score (nSPS) is 10.2. The average Bonchev–Trinajstić information content (AvgIpc) is 2.46. The standard InChI is InChI=1S/C17H18O2/c1-2-7-15-10-6-11-17(16(15)12-18)19-13-14-8-4-3-5-9-14/h2-6,8-11,18H,1,7,12-13H2. The van der Waals surface area contributed by atoms with Gasteiger partial charge in [0.1, 0.15) is 12.4 Å². The number of benzene rings is 2. The predicted octanol–water partition coefficient (Wildman–Crippen LogP) is 3.49. The van der Waals surface area contributed by atoms with Crippen LogP contribution in [0.1, 0.15) is 16.7 Å². The Hall–Kier alpha value is -2.06. The van der Waals surface area contributed by atoms with Crippen molar-refractivity contribution in [1.29, 1.82) is 0 Å². The van der Waals surface area contributed by atoms with Crippen LogP contribution in [0.2, 0.25) is 0 Å². The number of aliphatic hydroxyl groups excluding tert-OH is 1. The van der Waals surface area contributed by atoms with Crippen molar-refractivity contribution in [2.75, 3.05) is 0 Å². The maximum atomic E-state index is 9.51. The number of hydrogen-bond acceptors (Lipinski definition) is 2. The first kappa shape index (κ1) is 13.4. The van der Waals surface area contributed by atoms with E-state index < -0.39 is 0 Å². The zero-order valence-electron chi connectivity index (χ0n) is 10.9. The van der Waals surface area contributed by atoms with Crippen LogP contribution in [0.25, 0.3) is 0 Å². The molecular formula is C17H18O2. The van der Waals surface area contributed by atoms with Crippen LogP contribution >= 0.6 is 0 Å². The van der Waals surface area contributed by atoms with E-state index in [0.717, 1.165) is 28.9 Å². The van der Waals surface area contributed by atoms with E-state index in [-0.39, 0.29) is 6.61 Å². The minimum absolute atomic E-state index is 0.0197. The van der Waals surface area contributed by atoms with Gasteiger partial charge in [-0.15, -0.1) is 6.58 Å². The molecule has 0 aliphatic heterocycles. The molecule has 2 heteroatoms. The molecule has 98 valence electrons. The molecule has 0 bridgehead atoms. The van der Waals surface area contributed by atoms with Gasteiger partial charge in [-0.25, -0.2) is 0 Å². The van der Waals surface area contributed by atoms with E-state index in [9.17, 15) is 5.11 Å². The molecule has 0 radical (unpaired) electrons. The first-order valence-electron chi connectivity index (χ1n) is 6.34. The molecule has 0 fully saturated rings. The van der Waals surface area contributed by atoms with E-state index in [4.69, 9.17) is 4.74 Å². The second-order valence-electron chi connectivity index (χ2n) is 4.32. The quantitative estimate of drug-likeness (QED) is 0.800. The van der Waals surface area contributed by atoms with Crippen molar-refractivity contribution in [3.63, 3.8) is 0 Å². The molecule has 0 heterocycles. The summed E-state index contributed by atoms with van der Waals surface area (Å²) in [5.41, 5.74) is 3.02. The second-order valence-corrected chi connectivity index (χ2v) is 4.32. The molecule has 0 saturated carbocycles. The highest BCUT2D eigenvalue weighted by Gasteiger charge is 2.07. The molecular weight excluding hydrogens is 236 g/mol. The highest BCUT2D eigenvalue weighted by molar-refractivity contribution is 5.40. The Morgan fingerprint density at radius 1 is 1.05 bits per heavy atom. The van der Waals surface area contributed by atoms with Gasteiger partial charge in [0.2, 0.25) is 0 Å². The fraction of sp³-hybridized carbons (Fsp3) is 0.176. The van der Waals surface area contributed by atoms with Crippen molar-refractivity contribution in [2.45, 2.75) is 19.6 Å². The Kier molecular flexibility index (Phi) is 4.76. The largest absolute Gasteiger partial charge is 0.489 e. The van der Waals surface area contributed by atoms with E-state index in [1.807, 2.05) is 54.6 Å². The number of rotatable bonds is 6. The predicted molar refractivity (Wildman–Crippen MR) is 77.0 cm³/mol. The zero-order valence-corrected chi connectivity index (χ0v) is 10.9. The fourth-order valence-corrected chi connectivity index (χ4v) is 2.01. The van der Waals surface area contributed by atoms with Crippen LogP contribution < -0.4 is 4.74 Å². The van der Waals surface area contributed by atoms with Gasteiger partial charge in [-0.3, -0.25) is 0 Å². The van der Waals surface area contributed by atoms with Crippen LogP contribution in [0.15, 0.2) is 61.2 Å². The van der Waals surface area contributed by atoms with Gasteiger partial charge >= 0.3 is 0 Å². The Morgan fingerprint density at radius 2 is 1.84 bits per heavy atom. The maximum absolute atomic E-state index is 9.51. The van der Waals surface area contributed by atoms with Gasteiger partial charge in [0, 0.05) is 5.56 Å². The summed E-state index contributed by atoms with van der Waals surface area (Å²) in [5, 5.41) is 9.51. The molecule has 0 spiro atoms. The van der Waals surface area contributed by atoms with E-state index in [0.29, 0.717) is 6.61 Å². The third-order valence-electron chi connectivity index (χ3n) is 2.99. The second kappa shape index (κ2) is 6.76. The highest BCUT2D eigenvalue weighted by atomic mass is 16.5. The summed E-state index contributed by atoms with van der Waals surface area (Å²) >= 11 is 0. The average molecular weight is 254 g/mol. The van der Waals surface area contributed by atoms with Crippen LogP contribution in [0.3, 0.4) is 0 Å². The van der Waals surface area contributed by atoms with Crippen molar-refractivity contribution in [3.05, 3.63) is 77.9 Å². The lowest BCUT2D eigenvalue weighted by Crippen LogP contribution is -2.01. The maximum Gasteiger partial charge on any atom is 0.125 e. The Balaban J connectivity index is 2.15. The topological polar surface area (TPSA) is 29.5 Å². The van der Waals surface area contributed by atoms with Gasteiger partial charge in [0.05, 0.1) is 6.61 Å². The van der Waals surface area contributed by atoms with E-state index in [2.05, 4.69) is 6.58 Å². The summed E-state index contributed by atoms with van der Waals surface area (Å²) < 4.78 is 5.81. The Morgan fingerprint density at radius 3 is 2.53 bits per heavy atom. The molecule has 2 rings (SSSR count). The molecule has 2 aromatic rings. The Labute approximate surface area is 114 Å². The summed E-state index contributed by atoms with van der Waals surface area (Å²) in [7, 11) is 0. The zero-order chi connectivity index (χ0) is 13.5. The van der Waals surface area contributed by atoms with Crippen LogP contribution in [0.5, 0.6) is 5.75 Å². The van der Waals surface area contributed by atoms with Gasteiger partial charge in [0.15, 0.2) is 0 Å². The summed E-state index contributed by atoms with van der Waals surface area (Å²) in [6.45, 7) is 4.22. The highest BCUT2D eigenvalue weighted by Crippen LogP contribution is 2.24. The van der Waals surface area contributed by atoms with Gasteiger partial charge in [-0.05, 0) is 23.6 Å². The lowest BCUT2D eigenvalue weighted by molar-refractivity contribution is 0.258. The molecule has 0 unspecified atom stereocenters. The summed E-state index contributed by atoms with van der Waals surface area (Å²) in [6.07, 6.45) is 2.56. The van der Waals surface area contributed by atoms with Crippen molar-refractivity contribution in [3.8, 4) is 5.75 Å². The van der Waals surface area contributed by atoms with Gasteiger partial charge in [-0.2, -0.15) is 0 Å². The van der Waals surface area contributed by atoms with Crippen molar-refractivity contribution in [1.82, 2.24) is 0 Å². The van der Waals surface area contributed by atoms with E-state index in [1.54, 1.807) is 0 Å². The molecule has 1 N–H and O–H groups in total. The first-order chi connectivity index (χ1) is 9.35. The van der Waals surface area contributed by atoms with Crippen LogP contribution in [0.4, 0.5) is 0 Å². The summed E-state index contributed by atoms with van der Waals surface area (Å²) in [5.74, 6) is 0.741. The van der Waals surface area contributed by atoms with Crippen molar-refractivity contribution in [2.24, 2.45) is 0 Å². The van der Waals surface area contributed by atoms with E-state index in [1.165, 1.54) is 0 Å². The third kappa shape index (κ3) is 3.46.